The number of carbonyl (C=O) groups excluding carboxylic acids is 1. The van der Waals surface area contributed by atoms with Crippen molar-refractivity contribution in [3.8, 4) is 0 Å². The smallest absolute Gasteiger partial charge is 0.220 e. The number of aromatic nitrogens is 1. The van der Waals surface area contributed by atoms with Crippen LogP contribution >= 0.6 is 21.6 Å². The lowest BCUT2D eigenvalue weighted by Crippen LogP contribution is -2.22. The van der Waals surface area contributed by atoms with Gasteiger partial charge in [-0.25, -0.2) is 0 Å². The molecule has 1 aliphatic rings. The predicted molar refractivity (Wildman–Crippen MR) is 83.0 cm³/mol. The largest absolute Gasteiger partial charge is 0.352 e. The molecule has 1 saturated heterocycles. The molecule has 104 valence electrons. The fraction of sp³-hybridized carbons (Fsp3) is 0.571. The maximum Gasteiger partial charge on any atom is 0.220 e. The lowest BCUT2D eigenvalue weighted by Gasteiger charge is -2.07. The lowest BCUT2D eigenvalue weighted by molar-refractivity contribution is -0.121. The molecule has 1 atom stereocenters. The molecule has 19 heavy (non-hydrogen) atoms. The van der Waals surface area contributed by atoms with Crippen molar-refractivity contribution in [1.29, 1.82) is 0 Å². The Balaban J connectivity index is 1.52. The molecule has 2 rings (SSSR count). The fourth-order valence-electron chi connectivity index (χ4n) is 2.01. The molecule has 5 heteroatoms. The number of nitrogens with zero attached hydrogens (tertiary/aromatic N) is 1. The van der Waals surface area contributed by atoms with E-state index in [1.165, 1.54) is 25.0 Å². The minimum Gasteiger partial charge on any atom is -0.352 e. The second kappa shape index (κ2) is 8.48. The number of carbonyl (C=O) groups is 1. The molecular formula is C14H20N2OS2. The quantitative estimate of drug-likeness (QED) is 0.618. The van der Waals surface area contributed by atoms with Crippen LogP contribution in [0.2, 0.25) is 0 Å². The van der Waals surface area contributed by atoms with E-state index in [4.69, 9.17) is 0 Å². The summed E-state index contributed by atoms with van der Waals surface area (Å²) in [5.41, 5.74) is 1.05. The van der Waals surface area contributed by atoms with Gasteiger partial charge in [0.15, 0.2) is 0 Å². The van der Waals surface area contributed by atoms with Gasteiger partial charge in [0.1, 0.15) is 0 Å². The summed E-state index contributed by atoms with van der Waals surface area (Å²) in [4.78, 5) is 15.7. The SMILES string of the molecule is O=C(CCCCC1CCSS1)NCc1cccnc1. The van der Waals surface area contributed by atoms with Crippen molar-refractivity contribution in [2.24, 2.45) is 0 Å². The number of rotatable bonds is 7. The van der Waals surface area contributed by atoms with Crippen LogP contribution in [0, 0.1) is 0 Å². The molecule has 1 N–H and O–H groups in total. The summed E-state index contributed by atoms with van der Waals surface area (Å²) in [6.07, 6.45) is 8.93. The molecule has 1 aromatic heterocycles. The van der Waals surface area contributed by atoms with Crippen LogP contribution in [-0.2, 0) is 11.3 Å². The summed E-state index contributed by atoms with van der Waals surface area (Å²) >= 11 is 0. The van der Waals surface area contributed by atoms with E-state index < -0.39 is 0 Å². The van der Waals surface area contributed by atoms with Crippen molar-refractivity contribution < 1.29 is 4.79 Å². The predicted octanol–water partition coefficient (Wildman–Crippen LogP) is 3.41. The Labute approximate surface area is 122 Å². The van der Waals surface area contributed by atoms with Gasteiger partial charge in [0.2, 0.25) is 5.91 Å². The molecule has 0 aromatic carbocycles. The van der Waals surface area contributed by atoms with Crippen LogP contribution in [0.4, 0.5) is 0 Å². The highest BCUT2D eigenvalue weighted by molar-refractivity contribution is 8.77. The average molecular weight is 296 g/mol. The van der Waals surface area contributed by atoms with E-state index >= 15 is 0 Å². The van der Waals surface area contributed by atoms with Crippen LogP contribution in [0.25, 0.3) is 0 Å². The molecule has 0 saturated carbocycles. The zero-order valence-corrected chi connectivity index (χ0v) is 12.6. The molecule has 1 unspecified atom stereocenters. The third-order valence-electron chi connectivity index (χ3n) is 3.12. The highest BCUT2D eigenvalue weighted by atomic mass is 33.1. The summed E-state index contributed by atoms with van der Waals surface area (Å²) in [7, 11) is 4.00. The van der Waals surface area contributed by atoms with Crippen LogP contribution < -0.4 is 5.32 Å². The molecule has 2 heterocycles. The third-order valence-corrected chi connectivity index (χ3v) is 6.13. The number of pyridine rings is 1. The summed E-state index contributed by atoms with van der Waals surface area (Å²) in [5, 5.41) is 3.76. The highest BCUT2D eigenvalue weighted by Crippen LogP contribution is 2.39. The summed E-state index contributed by atoms with van der Waals surface area (Å²) in [5.74, 6) is 1.44. The summed E-state index contributed by atoms with van der Waals surface area (Å²) < 4.78 is 0. The van der Waals surface area contributed by atoms with E-state index in [0.717, 1.165) is 17.2 Å². The topological polar surface area (TPSA) is 42.0 Å². The van der Waals surface area contributed by atoms with Crippen molar-refractivity contribution >= 4 is 27.5 Å². The number of amides is 1. The maximum absolute atomic E-state index is 11.7. The first-order valence-electron chi connectivity index (χ1n) is 6.78. The summed E-state index contributed by atoms with van der Waals surface area (Å²) in [6.45, 7) is 0.585. The first-order valence-corrected chi connectivity index (χ1v) is 9.16. The Kier molecular flexibility index (Phi) is 6.57. The molecule has 1 fully saturated rings. The fourth-order valence-corrected chi connectivity index (χ4v) is 5.04. The first kappa shape index (κ1) is 14.7. The van der Waals surface area contributed by atoms with Gasteiger partial charge in [-0.05, 0) is 30.9 Å². The minimum absolute atomic E-state index is 0.150. The second-order valence-corrected chi connectivity index (χ2v) is 7.50. The van der Waals surface area contributed by atoms with Gasteiger partial charge in [0.25, 0.3) is 0 Å². The molecule has 3 nitrogen and oxygen atoms in total. The van der Waals surface area contributed by atoms with Crippen LogP contribution in [0.15, 0.2) is 24.5 Å². The van der Waals surface area contributed by atoms with Crippen LogP contribution in [0.5, 0.6) is 0 Å². The van der Waals surface area contributed by atoms with Crippen molar-refractivity contribution in [1.82, 2.24) is 10.3 Å². The van der Waals surface area contributed by atoms with E-state index in [1.807, 2.05) is 33.7 Å². The van der Waals surface area contributed by atoms with Gasteiger partial charge in [-0.3, -0.25) is 9.78 Å². The normalized spacial score (nSPS) is 18.4. The van der Waals surface area contributed by atoms with E-state index in [-0.39, 0.29) is 5.91 Å². The second-order valence-electron chi connectivity index (χ2n) is 4.71. The van der Waals surface area contributed by atoms with E-state index in [9.17, 15) is 4.79 Å². The van der Waals surface area contributed by atoms with Crippen molar-refractivity contribution in [3.05, 3.63) is 30.1 Å². The molecule has 1 aliphatic heterocycles. The molecule has 0 radical (unpaired) electrons. The Hall–Kier alpha value is -0.680. The van der Waals surface area contributed by atoms with Crippen molar-refractivity contribution in [2.45, 2.75) is 43.9 Å². The molecule has 1 amide bonds. The Morgan fingerprint density at radius 3 is 3.16 bits per heavy atom. The van der Waals surface area contributed by atoms with Gasteiger partial charge >= 0.3 is 0 Å². The van der Waals surface area contributed by atoms with E-state index in [2.05, 4.69) is 10.3 Å². The van der Waals surface area contributed by atoms with Gasteiger partial charge in [-0.2, -0.15) is 0 Å². The average Bonchev–Trinajstić information content (AvgIpc) is 2.96. The number of hydrogen-bond donors (Lipinski definition) is 1. The lowest BCUT2D eigenvalue weighted by atomic mass is 10.1. The minimum atomic E-state index is 0.150. The van der Waals surface area contributed by atoms with Gasteiger partial charge < -0.3 is 5.32 Å². The van der Waals surface area contributed by atoms with Gasteiger partial charge in [0.05, 0.1) is 0 Å². The van der Waals surface area contributed by atoms with Gasteiger partial charge in [0, 0.05) is 36.4 Å². The van der Waals surface area contributed by atoms with Crippen molar-refractivity contribution in [2.75, 3.05) is 5.75 Å². The molecule has 1 aromatic rings. The van der Waals surface area contributed by atoms with Crippen LogP contribution in [-0.4, -0.2) is 21.9 Å². The molecule has 0 spiro atoms. The Morgan fingerprint density at radius 2 is 2.42 bits per heavy atom. The summed E-state index contributed by atoms with van der Waals surface area (Å²) in [6, 6.07) is 3.86. The van der Waals surface area contributed by atoms with Gasteiger partial charge in [-0.1, -0.05) is 34.1 Å². The van der Waals surface area contributed by atoms with E-state index in [1.54, 1.807) is 12.4 Å². The van der Waals surface area contributed by atoms with Crippen LogP contribution in [0.1, 0.15) is 37.7 Å². The molecule has 0 bridgehead atoms. The van der Waals surface area contributed by atoms with Crippen LogP contribution in [0.3, 0.4) is 0 Å². The Morgan fingerprint density at radius 1 is 1.47 bits per heavy atom. The molecular weight excluding hydrogens is 276 g/mol. The zero-order valence-electron chi connectivity index (χ0n) is 11.0. The Bertz CT molecular complexity index is 380. The monoisotopic (exact) mass is 296 g/mol. The first-order chi connectivity index (χ1) is 9.34. The third kappa shape index (κ3) is 5.87. The standard InChI is InChI=1S/C14H20N2OS2/c17-14(16-11-12-4-3-8-15-10-12)6-2-1-5-13-7-9-18-19-13/h3-4,8,10,13H,1-2,5-7,9,11H2,(H,16,17). The highest BCUT2D eigenvalue weighted by Gasteiger charge is 2.15. The van der Waals surface area contributed by atoms with E-state index in [0.29, 0.717) is 13.0 Å². The number of hydrogen-bond acceptors (Lipinski definition) is 4. The zero-order chi connectivity index (χ0) is 13.3. The molecule has 0 aliphatic carbocycles. The van der Waals surface area contributed by atoms with Gasteiger partial charge in [-0.15, -0.1) is 0 Å². The number of nitrogens with one attached hydrogen (secondary N) is 1. The van der Waals surface area contributed by atoms with Crippen molar-refractivity contribution in [3.63, 3.8) is 0 Å². The maximum atomic E-state index is 11.7. The number of unbranched alkanes of at least 4 members (excludes halogenated alkanes) is 1.